The van der Waals surface area contributed by atoms with Crippen molar-refractivity contribution in [2.75, 3.05) is 4.90 Å². The Morgan fingerprint density at radius 3 is 2.61 bits per heavy atom. The minimum absolute atomic E-state index is 0.136. The number of hydrogen-bond acceptors (Lipinski definition) is 6. The lowest BCUT2D eigenvalue weighted by atomic mass is 10.2. The van der Waals surface area contributed by atoms with E-state index in [0.29, 0.717) is 29.7 Å². The van der Waals surface area contributed by atoms with Crippen molar-refractivity contribution >= 4 is 40.0 Å². The van der Waals surface area contributed by atoms with Crippen LogP contribution < -0.4 is 4.90 Å². The molecule has 0 aliphatic carbocycles. The number of anilines is 2. The maximum atomic E-state index is 13.0. The minimum atomic E-state index is -0.184. The summed E-state index contributed by atoms with van der Waals surface area (Å²) in [5, 5.41) is 2.36. The van der Waals surface area contributed by atoms with Gasteiger partial charge in [-0.15, -0.1) is 11.3 Å². The number of furan rings is 1. The lowest BCUT2D eigenvalue weighted by molar-refractivity contribution is -0.127. The Labute approximate surface area is 195 Å². The zero-order chi connectivity index (χ0) is 23.0. The first-order valence-corrected chi connectivity index (χ1v) is 11.2. The molecule has 1 aromatic carbocycles. The highest BCUT2D eigenvalue weighted by atomic mass is 32.1. The van der Waals surface area contributed by atoms with Crippen LogP contribution in [-0.4, -0.2) is 26.7 Å². The summed E-state index contributed by atoms with van der Waals surface area (Å²) in [5.74, 6) is 0.371. The van der Waals surface area contributed by atoms with E-state index in [4.69, 9.17) is 4.42 Å². The molecule has 0 aliphatic heterocycles. The number of thiazole rings is 1. The van der Waals surface area contributed by atoms with Crippen LogP contribution in [0.1, 0.15) is 23.9 Å². The summed E-state index contributed by atoms with van der Waals surface area (Å²) in [4.78, 5) is 37.1. The zero-order valence-electron chi connectivity index (χ0n) is 18.0. The third-order valence-corrected chi connectivity index (χ3v) is 5.61. The Bertz CT molecular complexity index is 1220. The third kappa shape index (κ3) is 5.81. The molecule has 0 saturated carbocycles. The summed E-state index contributed by atoms with van der Waals surface area (Å²) in [6.07, 6.45) is 8.16. The highest BCUT2D eigenvalue weighted by molar-refractivity contribution is 7.14. The average Bonchev–Trinajstić information content (AvgIpc) is 3.51. The summed E-state index contributed by atoms with van der Waals surface area (Å²) < 4.78 is 5.43. The van der Waals surface area contributed by atoms with E-state index in [-0.39, 0.29) is 11.8 Å². The van der Waals surface area contributed by atoms with Gasteiger partial charge in [0.1, 0.15) is 5.76 Å². The van der Waals surface area contributed by atoms with Gasteiger partial charge in [0.05, 0.1) is 24.2 Å². The monoisotopic (exact) mass is 458 g/mol. The van der Waals surface area contributed by atoms with Crippen molar-refractivity contribution in [1.29, 1.82) is 0 Å². The summed E-state index contributed by atoms with van der Waals surface area (Å²) >= 11 is 1.34. The molecule has 3 aromatic heterocycles. The smallest absolute Gasteiger partial charge is 0.247 e. The van der Waals surface area contributed by atoms with E-state index in [1.807, 2.05) is 53.9 Å². The summed E-state index contributed by atoms with van der Waals surface area (Å²) in [6.45, 7) is 2.23. The molecule has 0 unspecified atom stereocenters. The highest BCUT2D eigenvalue weighted by Gasteiger charge is 2.18. The molecule has 4 rings (SSSR count). The van der Waals surface area contributed by atoms with Gasteiger partial charge >= 0.3 is 0 Å². The number of hydrogen-bond donors (Lipinski definition) is 0. The predicted molar refractivity (Wildman–Crippen MR) is 128 cm³/mol. The van der Waals surface area contributed by atoms with E-state index in [9.17, 15) is 9.59 Å². The first kappa shape index (κ1) is 22.2. The average molecular weight is 459 g/mol. The van der Waals surface area contributed by atoms with Gasteiger partial charge in [0.25, 0.3) is 0 Å². The van der Waals surface area contributed by atoms with Crippen molar-refractivity contribution < 1.29 is 14.0 Å². The lowest BCUT2D eigenvalue weighted by Gasteiger charge is -2.20. The number of carbonyl (C=O) groups excluding carboxylic acids is 2. The maximum absolute atomic E-state index is 13.0. The molecule has 0 radical (unpaired) electrons. The lowest BCUT2D eigenvalue weighted by Crippen LogP contribution is -2.28. The standard InChI is InChI=1S/C25H22N4O3S/c1-19(30)29(22-8-3-2-4-9-22)25-27-21(18-33-25)11-12-24(31)28(17-23-10-6-14-32-23)16-20-7-5-13-26-15-20/h2-15,18H,16-17H2,1H3/b12-11+. The molecule has 0 N–H and O–H groups in total. The Kier molecular flexibility index (Phi) is 7.06. The number of amides is 2. The quantitative estimate of drug-likeness (QED) is 0.345. The zero-order valence-corrected chi connectivity index (χ0v) is 18.8. The minimum Gasteiger partial charge on any atom is -0.467 e. The number of nitrogens with zero attached hydrogens (tertiary/aromatic N) is 4. The molecule has 0 atom stereocenters. The van der Waals surface area contributed by atoms with Gasteiger partial charge in [0.15, 0.2) is 5.13 Å². The number of para-hydroxylation sites is 1. The van der Waals surface area contributed by atoms with E-state index in [2.05, 4.69) is 9.97 Å². The van der Waals surface area contributed by atoms with Gasteiger partial charge in [0, 0.05) is 37.3 Å². The Morgan fingerprint density at radius 2 is 1.91 bits per heavy atom. The number of pyridine rings is 1. The van der Waals surface area contributed by atoms with Crippen LogP contribution in [0.3, 0.4) is 0 Å². The normalized spacial score (nSPS) is 10.9. The Hall–Kier alpha value is -4.04. The molecule has 0 fully saturated rings. The van der Waals surface area contributed by atoms with Crippen molar-refractivity contribution in [1.82, 2.24) is 14.9 Å². The summed E-state index contributed by atoms with van der Waals surface area (Å²) in [5.41, 5.74) is 2.26. The SMILES string of the molecule is CC(=O)N(c1ccccc1)c1nc(/C=C/C(=O)N(Cc2cccnc2)Cc2ccco2)cs1. The number of carbonyl (C=O) groups is 2. The largest absolute Gasteiger partial charge is 0.467 e. The van der Waals surface area contributed by atoms with Crippen LogP contribution in [0, 0.1) is 0 Å². The van der Waals surface area contributed by atoms with Crippen molar-refractivity contribution in [3.63, 3.8) is 0 Å². The highest BCUT2D eigenvalue weighted by Crippen LogP contribution is 2.29. The van der Waals surface area contributed by atoms with Crippen molar-refractivity contribution in [3.8, 4) is 0 Å². The molecule has 0 bridgehead atoms. The van der Waals surface area contributed by atoms with E-state index in [1.54, 1.807) is 40.6 Å². The predicted octanol–water partition coefficient (Wildman–Crippen LogP) is 5.06. The molecule has 0 spiro atoms. The third-order valence-electron chi connectivity index (χ3n) is 4.76. The van der Waals surface area contributed by atoms with Gasteiger partial charge in [-0.2, -0.15) is 0 Å². The van der Waals surface area contributed by atoms with Crippen LogP contribution in [0.2, 0.25) is 0 Å². The van der Waals surface area contributed by atoms with Crippen LogP contribution >= 0.6 is 11.3 Å². The van der Waals surface area contributed by atoms with E-state index in [1.165, 1.54) is 24.3 Å². The maximum Gasteiger partial charge on any atom is 0.247 e. The molecule has 4 aromatic rings. The van der Waals surface area contributed by atoms with Crippen LogP contribution in [0.4, 0.5) is 10.8 Å². The van der Waals surface area contributed by atoms with Crippen LogP contribution in [0.5, 0.6) is 0 Å². The second kappa shape index (κ2) is 10.5. The van der Waals surface area contributed by atoms with Gasteiger partial charge in [-0.25, -0.2) is 4.98 Å². The number of aromatic nitrogens is 2. The van der Waals surface area contributed by atoms with Gasteiger partial charge in [-0.1, -0.05) is 24.3 Å². The van der Waals surface area contributed by atoms with Crippen LogP contribution in [-0.2, 0) is 22.7 Å². The fourth-order valence-electron chi connectivity index (χ4n) is 3.24. The molecular weight excluding hydrogens is 436 g/mol. The molecule has 0 aliphatic rings. The van der Waals surface area contributed by atoms with Crippen molar-refractivity contribution in [2.45, 2.75) is 20.0 Å². The summed E-state index contributed by atoms with van der Waals surface area (Å²) in [6, 6.07) is 16.7. The first-order valence-electron chi connectivity index (χ1n) is 10.3. The van der Waals surface area contributed by atoms with Crippen LogP contribution in [0.25, 0.3) is 6.08 Å². The van der Waals surface area contributed by atoms with Crippen molar-refractivity contribution in [3.05, 3.63) is 102 Å². The van der Waals surface area contributed by atoms with Crippen LogP contribution in [0.15, 0.2) is 89.1 Å². The van der Waals surface area contributed by atoms with E-state index >= 15 is 0 Å². The number of benzene rings is 1. The molecule has 0 saturated heterocycles. The molecule has 3 heterocycles. The van der Waals surface area contributed by atoms with Crippen molar-refractivity contribution in [2.24, 2.45) is 0 Å². The molecule has 166 valence electrons. The second-order valence-electron chi connectivity index (χ2n) is 7.21. The Morgan fingerprint density at radius 1 is 1.06 bits per heavy atom. The molecule has 2 amide bonds. The van der Waals surface area contributed by atoms with Gasteiger partial charge in [-0.05, 0) is 42.0 Å². The fraction of sp³-hybridized carbons (Fsp3) is 0.120. The fourth-order valence-corrected chi connectivity index (χ4v) is 4.09. The van der Waals surface area contributed by atoms with Gasteiger partial charge in [0.2, 0.25) is 11.8 Å². The van der Waals surface area contributed by atoms with E-state index in [0.717, 1.165) is 11.3 Å². The Balaban J connectivity index is 1.51. The first-order chi connectivity index (χ1) is 16.1. The van der Waals surface area contributed by atoms with Gasteiger partial charge in [-0.3, -0.25) is 19.5 Å². The number of rotatable bonds is 8. The molecule has 7 nitrogen and oxygen atoms in total. The molecule has 8 heteroatoms. The summed E-state index contributed by atoms with van der Waals surface area (Å²) in [7, 11) is 0. The molecule has 33 heavy (non-hydrogen) atoms. The molecular formula is C25H22N4O3S. The van der Waals surface area contributed by atoms with E-state index < -0.39 is 0 Å². The van der Waals surface area contributed by atoms with Gasteiger partial charge < -0.3 is 9.32 Å². The second-order valence-corrected chi connectivity index (χ2v) is 8.05. The topological polar surface area (TPSA) is 79.5 Å².